The molecule has 0 aliphatic carbocycles. The van der Waals surface area contributed by atoms with Gasteiger partial charge in [0.2, 0.25) is 5.91 Å². The van der Waals surface area contributed by atoms with E-state index in [-0.39, 0.29) is 11.8 Å². The molecule has 1 amide bonds. The van der Waals surface area contributed by atoms with Crippen LogP contribution in [0.2, 0.25) is 0 Å². The van der Waals surface area contributed by atoms with Gasteiger partial charge in [0.15, 0.2) is 10.8 Å². The third kappa shape index (κ3) is 3.50. The minimum atomic E-state index is -0.900. The molecule has 0 aliphatic heterocycles. The highest BCUT2D eigenvalue weighted by molar-refractivity contribution is 8.00. The maximum atomic E-state index is 12.7. The molecule has 3 rings (SSSR count). The van der Waals surface area contributed by atoms with Gasteiger partial charge in [-0.3, -0.25) is 9.20 Å². The standard InChI is InChI=1S/C20H23N5OS/c1-12(2)20(5,11-21)22-18(26)14(4)27-19-24-23-17-10-13(3)15-8-6-7-9-16(15)25(17)19/h6-10,12,14H,1-5H3,(H,22,26)/t14-,20-/m1/s1. The summed E-state index contributed by atoms with van der Waals surface area (Å²) < 4.78 is 1.97. The summed E-state index contributed by atoms with van der Waals surface area (Å²) in [6.45, 7) is 9.45. The van der Waals surface area contributed by atoms with Gasteiger partial charge in [-0.1, -0.05) is 43.8 Å². The van der Waals surface area contributed by atoms with Crippen molar-refractivity contribution in [1.29, 1.82) is 5.26 Å². The third-order valence-corrected chi connectivity index (χ3v) is 6.04. The van der Waals surface area contributed by atoms with E-state index >= 15 is 0 Å². The summed E-state index contributed by atoms with van der Waals surface area (Å²) in [5, 5.41) is 22.2. The van der Waals surface area contributed by atoms with Gasteiger partial charge < -0.3 is 5.32 Å². The molecule has 6 nitrogen and oxygen atoms in total. The molecule has 0 bridgehead atoms. The van der Waals surface area contributed by atoms with Gasteiger partial charge in [0, 0.05) is 5.39 Å². The van der Waals surface area contributed by atoms with Crippen LogP contribution in [0.3, 0.4) is 0 Å². The van der Waals surface area contributed by atoms with Crippen molar-refractivity contribution in [3.8, 4) is 6.07 Å². The summed E-state index contributed by atoms with van der Waals surface area (Å²) in [4.78, 5) is 12.7. The largest absolute Gasteiger partial charge is 0.337 e. The predicted octanol–water partition coefficient (Wildman–Crippen LogP) is 3.73. The maximum Gasteiger partial charge on any atom is 0.234 e. The first-order chi connectivity index (χ1) is 12.8. The van der Waals surface area contributed by atoms with E-state index < -0.39 is 10.8 Å². The number of rotatable bonds is 5. The number of aromatic nitrogens is 3. The zero-order valence-electron chi connectivity index (χ0n) is 16.1. The highest BCUT2D eigenvalue weighted by Gasteiger charge is 2.32. The fourth-order valence-electron chi connectivity index (χ4n) is 2.82. The van der Waals surface area contributed by atoms with E-state index in [4.69, 9.17) is 0 Å². The lowest BCUT2D eigenvalue weighted by molar-refractivity contribution is -0.121. The highest BCUT2D eigenvalue weighted by atomic mass is 32.2. The summed E-state index contributed by atoms with van der Waals surface area (Å²) in [6.07, 6.45) is 0. The molecule has 1 aromatic carbocycles. The van der Waals surface area contributed by atoms with Gasteiger partial charge in [-0.2, -0.15) is 5.26 Å². The zero-order valence-corrected chi connectivity index (χ0v) is 17.0. The van der Waals surface area contributed by atoms with Crippen molar-refractivity contribution in [2.75, 3.05) is 0 Å². The maximum absolute atomic E-state index is 12.7. The van der Waals surface area contributed by atoms with Gasteiger partial charge in [0.25, 0.3) is 0 Å². The second-order valence-corrected chi connectivity index (χ2v) is 8.55. The monoisotopic (exact) mass is 381 g/mol. The Morgan fingerprint density at radius 2 is 2.00 bits per heavy atom. The first-order valence-electron chi connectivity index (χ1n) is 8.90. The summed E-state index contributed by atoms with van der Waals surface area (Å²) in [5.41, 5.74) is 2.00. The number of thioether (sulfide) groups is 1. The Hall–Kier alpha value is -2.59. The van der Waals surface area contributed by atoms with Crippen molar-refractivity contribution >= 4 is 34.2 Å². The smallest absolute Gasteiger partial charge is 0.234 e. The molecule has 0 saturated heterocycles. The number of hydrogen-bond acceptors (Lipinski definition) is 5. The number of nitrogens with zero attached hydrogens (tertiary/aromatic N) is 4. The molecule has 7 heteroatoms. The van der Waals surface area contributed by atoms with Crippen molar-refractivity contribution < 1.29 is 4.79 Å². The Morgan fingerprint density at radius 3 is 2.67 bits per heavy atom. The molecule has 2 heterocycles. The molecule has 0 spiro atoms. The number of nitrogens with one attached hydrogen (secondary N) is 1. The molecule has 0 unspecified atom stereocenters. The van der Waals surface area contributed by atoms with E-state index in [1.807, 2.05) is 49.4 Å². The van der Waals surface area contributed by atoms with Crippen LogP contribution < -0.4 is 5.32 Å². The number of para-hydroxylation sites is 1. The first kappa shape index (κ1) is 19.2. The molecular weight excluding hydrogens is 358 g/mol. The summed E-state index contributed by atoms with van der Waals surface area (Å²) in [6, 6.07) is 12.3. The van der Waals surface area contributed by atoms with Crippen LogP contribution in [0.1, 0.15) is 33.3 Å². The van der Waals surface area contributed by atoms with Crippen LogP contribution in [0.5, 0.6) is 0 Å². The molecule has 140 valence electrons. The van der Waals surface area contributed by atoms with Crippen LogP contribution in [-0.2, 0) is 4.79 Å². The fourth-order valence-corrected chi connectivity index (χ4v) is 3.69. The first-order valence-corrected chi connectivity index (χ1v) is 9.78. The number of pyridine rings is 1. The van der Waals surface area contributed by atoms with E-state index in [1.54, 1.807) is 6.92 Å². The average Bonchev–Trinajstić information content (AvgIpc) is 3.04. The minimum Gasteiger partial charge on any atom is -0.337 e. The Labute approximate surface area is 163 Å². The third-order valence-electron chi connectivity index (χ3n) is 5.00. The summed E-state index contributed by atoms with van der Waals surface area (Å²) in [5.74, 6) is -0.185. The molecule has 0 fully saturated rings. The van der Waals surface area contributed by atoms with Crippen molar-refractivity contribution in [3.05, 3.63) is 35.9 Å². The van der Waals surface area contributed by atoms with Crippen LogP contribution in [0, 0.1) is 24.2 Å². The van der Waals surface area contributed by atoms with Gasteiger partial charge in [-0.25, -0.2) is 0 Å². The second-order valence-electron chi connectivity index (χ2n) is 7.24. The number of amides is 1. The van der Waals surface area contributed by atoms with Gasteiger partial charge in [-0.15, -0.1) is 10.2 Å². The van der Waals surface area contributed by atoms with E-state index in [0.717, 1.165) is 22.1 Å². The van der Waals surface area contributed by atoms with Gasteiger partial charge >= 0.3 is 0 Å². The highest BCUT2D eigenvalue weighted by Crippen LogP contribution is 2.28. The number of fused-ring (bicyclic) bond motifs is 3. The van der Waals surface area contributed by atoms with Crippen molar-refractivity contribution in [1.82, 2.24) is 19.9 Å². The molecule has 0 saturated carbocycles. The van der Waals surface area contributed by atoms with Crippen molar-refractivity contribution in [2.24, 2.45) is 5.92 Å². The van der Waals surface area contributed by atoms with Gasteiger partial charge in [-0.05, 0) is 44.4 Å². The lowest BCUT2D eigenvalue weighted by Gasteiger charge is -2.28. The molecular formula is C20H23N5OS. The molecule has 0 radical (unpaired) electrons. The fraction of sp³-hybridized carbons (Fsp3) is 0.400. The van der Waals surface area contributed by atoms with Crippen LogP contribution in [0.4, 0.5) is 0 Å². The Balaban J connectivity index is 1.92. The Bertz CT molecular complexity index is 1050. The molecule has 0 aliphatic rings. The lowest BCUT2D eigenvalue weighted by Crippen LogP contribution is -2.51. The molecule has 27 heavy (non-hydrogen) atoms. The van der Waals surface area contributed by atoms with E-state index in [1.165, 1.54) is 11.8 Å². The summed E-state index contributed by atoms with van der Waals surface area (Å²) in [7, 11) is 0. The average molecular weight is 382 g/mol. The van der Waals surface area contributed by atoms with E-state index in [0.29, 0.717) is 5.16 Å². The molecule has 2 atom stereocenters. The van der Waals surface area contributed by atoms with Crippen LogP contribution >= 0.6 is 11.8 Å². The molecule has 3 aromatic rings. The minimum absolute atomic E-state index is 0.00416. The lowest BCUT2D eigenvalue weighted by atomic mass is 9.90. The summed E-state index contributed by atoms with van der Waals surface area (Å²) >= 11 is 1.34. The second kappa shape index (κ2) is 7.20. The Kier molecular flexibility index (Phi) is 5.11. The van der Waals surface area contributed by atoms with Crippen LogP contribution in [-0.4, -0.2) is 31.3 Å². The van der Waals surface area contributed by atoms with E-state index in [2.05, 4.69) is 34.6 Å². The SMILES string of the molecule is Cc1cc2nnc(S[C@H](C)C(=O)N[C@](C)(C#N)C(C)C)n2c2ccccc12. The van der Waals surface area contributed by atoms with Crippen LogP contribution in [0.25, 0.3) is 16.6 Å². The van der Waals surface area contributed by atoms with Crippen LogP contribution in [0.15, 0.2) is 35.5 Å². The number of hydrogen-bond donors (Lipinski definition) is 1. The number of carbonyl (C=O) groups excluding carboxylic acids is 1. The van der Waals surface area contributed by atoms with Crippen molar-refractivity contribution in [3.63, 3.8) is 0 Å². The zero-order chi connectivity index (χ0) is 19.8. The molecule has 1 N–H and O–H groups in total. The quantitative estimate of drug-likeness (QED) is 0.681. The number of nitriles is 1. The Morgan fingerprint density at radius 1 is 1.30 bits per heavy atom. The van der Waals surface area contributed by atoms with E-state index in [9.17, 15) is 10.1 Å². The topological polar surface area (TPSA) is 83.1 Å². The number of benzene rings is 1. The van der Waals surface area contributed by atoms with Gasteiger partial charge in [0.1, 0.15) is 5.54 Å². The van der Waals surface area contributed by atoms with Gasteiger partial charge in [0.05, 0.1) is 16.8 Å². The molecule has 2 aromatic heterocycles. The number of carbonyl (C=O) groups is 1. The van der Waals surface area contributed by atoms with Crippen molar-refractivity contribution in [2.45, 2.75) is 50.6 Å². The normalized spacial score (nSPS) is 14.9. The number of aryl methyl sites for hydroxylation is 1. The predicted molar refractivity (Wildman–Crippen MR) is 108 cm³/mol.